The van der Waals surface area contributed by atoms with E-state index in [4.69, 9.17) is 4.74 Å². The number of carboxylic acids is 1. The number of hydrogen-bond acceptors (Lipinski definition) is 4. The Kier molecular flexibility index (Phi) is 7.68. The Balaban J connectivity index is 1.37. The van der Waals surface area contributed by atoms with Crippen molar-refractivity contribution in [1.82, 2.24) is 10.2 Å². The summed E-state index contributed by atoms with van der Waals surface area (Å²) < 4.78 is 5.59. The molecule has 0 bridgehead atoms. The molecule has 4 rings (SSSR count). The number of ether oxygens (including phenoxy) is 1. The number of alkyl carbamates (subject to hydrolysis) is 1. The number of rotatable bonds is 9. The lowest BCUT2D eigenvalue weighted by atomic mass is 9.98. The number of nitrogens with zero attached hydrogens (tertiary/aromatic N) is 1. The molecule has 0 saturated heterocycles. The van der Waals surface area contributed by atoms with Crippen molar-refractivity contribution in [1.29, 1.82) is 0 Å². The van der Waals surface area contributed by atoms with Gasteiger partial charge < -0.3 is 20.1 Å². The first kappa shape index (κ1) is 25.0. The number of carbonyl (C=O) groups is 3. The molecule has 7 nitrogen and oxygen atoms in total. The zero-order chi connectivity index (χ0) is 25.7. The van der Waals surface area contributed by atoms with Gasteiger partial charge in [0.1, 0.15) is 13.2 Å². The predicted octanol–water partition coefficient (Wildman–Crippen LogP) is 4.66. The Morgan fingerprint density at radius 1 is 0.889 bits per heavy atom. The van der Waals surface area contributed by atoms with E-state index in [0.29, 0.717) is 0 Å². The molecule has 3 aromatic rings. The maximum absolute atomic E-state index is 13.1. The molecule has 0 heterocycles. The average Bonchev–Trinajstić information content (AvgIpc) is 3.20. The summed E-state index contributed by atoms with van der Waals surface area (Å²) in [4.78, 5) is 38.4. The van der Waals surface area contributed by atoms with Crippen LogP contribution in [0.3, 0.4) is 0 Å². The number of hydrogen-bond donors (Lipinski definition) is 2. The van der Waals surface area contributed by atoms with E-state index in [0.717, 1.165) is 27.8 Å². The number of carboxylic acid groups (broad SMARTS) is 1. The first-order chi connectivity index (χ1) is 17.3. The second kappa shape index (κ2) is 11.1. The summed E-state index contributed by atoms with van der Waals surface area (Å²) in [5, 5.41) is 12.1. The normalized spacial score (nSPS) is 13.7. The first-order valence-electron chi connectivity index (χ1n) is 12.0. The van der Waals surface area contributed by atoms with Crippen LogP contribution < -0.4 is 5.32 Å². The highest BCUT2D eigenvalue weighted by Crippen LogP contribution is 2.44. The highest BCUT2D eigenvalue weighted by molar-refractivity contribution is 5.84. The number of carbonyl (C=O) groups excluding carboxylic acids is 2. The summed E-state index contributed by atoms with van der Waals surface area (Å²) in [7, 11) is 0. The van der Waals surface area contributed by atoms with E-state index in [-0.39, 0.29) is 25.0 Å². The van der Waals surface area contributed by atoms with Gasteiger partial charge in [-0.05, 0) is 34.7 Å². The predicted molar refractivity (Wildman–Crippen MR) is 136 cm³/mol. The molecule has 0 radical (unpaired) electrons. The Morgan fingerprint density at radius 3 is 2.03 bits per heavy atom. The van der Waals surface area contributed by atoms with Crippen molar-refractivity contribution >= 4 is 18.0 Å². The quantitative estimate of drug-likeness (QED) is 0.459. The van der Waals surface area contributed by atoms with E-state index in [1.54, 1.807) is 13.8 Å². The van der Waals surface area contributed by atoms with Gasteiger partial charge in [0.2, 0.25) is 5.91 Å². The van der Waals surface area contributed by atoms with Crippen LogP contribution in [0, 0.1) is 5.92 Å². The van der Waals surface area contributed by atoms with Crippen LogP contribution in [-0.4, -0.2) is 47.2 Å². The molecule has 7 heteroatoms. The van der Waals surface area contributed by atoms with Gasteiger partial charge in [-0.1, -0.05) is 85.8 Å². The minimum Gasteiger partial charge on any atom is -0.480 e. The third-order valence-corrected chi connectivity index (χ3v) is 6.68. The van der Waals surface area contributed by atoms with Gasteiger partial charge in [-0.25, -0.2) is 4.79 Å². The Morgan fingerprint density at radius 2 is 1.44 bits per heavy atom. The summed E-state index contributed by atoms with van der Waals surface area (Å²) in [6.07, 6.45) is -0.614. The number of aliphatic carboxylic acids is 1. The molecule has 36 heavy (non-hydrogen) atoms. The molecule has 2 amide bonds. The molecule has 0 spiro atoms. The van der Waals surface area contributed by atoms with Crippen molar-refractivity contribution in [3.8, 4) is 11.1 Å². The Labute approximate surface area is 210 Å². The number of fused-ring (bicyclic) bond motifs is 3. The van der Waals surface area contributed by atoms with Crippen LogP contribution >= 0.6 is 0 Å². The summed E-state index contributed by atoms with van der Waals surface area (Å²) in [5.41, 5.74) is 5.36. The largest absolute Gasteiger partial charge is 0.480 e. The molecule has 2 unspecified atom stereocenters. The molecule has 186 valence electrons. The molecular formula is C29H30N2O5. The molecular weight excluding hydrogens is 456 g/mol. The van der Waals surface area contributed by atoms with Crippen LogP contribution in [0.1, 0.15) is 36.5 Å². The van der Waals surface area contributed by atoms with Crippen LogP contribution in [0.5, 0.6) is 0 Å². The smallest absolute Gasteiger partial charge is 0.407 e. The minimum atomic E-state index is -1.09. The third kappa shape index (κ3) is 5.57. The van der Waals surface area contributed by atoms with Crippen LogP contribution in [0.15, 0.2) is 78.9 Å². The van der Waals surface area contributed by atoms with E-state index < -0.39 is 30.6 Å². The molecule has 2 atom stereocenters. The second-order valence-corrected chi connectivity index (χ2v) is 9.12. The molecule has 3 aromatic carbocycles. The molecule has 0 aliphatic heterocycles. The summed E-state index contributed by atoms with van der Waals surface area (Å²) >= 11 is 0. The monoisotopic (exact) mass is 486 g/mol. The van der Waals surface area contributed by atoms with Gasteiger partial charge in [-0.3, -0.25) is 9.59 Å². The van der Waals surface area contributed by atoms with Crippen LogP contribution in [0.25, 0.3) is 11.1 Å². The standard InChI is InChI=1S/C29H30N2O5/c1-19(28(34)31(17-27(32)33)16-21-10-4-3-5-11-21)20(2)30-29(35)36-18-26-24-14-8-6-12-22(24)23-13-7-9-15-25(23)26/h3-15,19-20,26H,16-18H2,1-2H3,(H,30,35)(H,32,33). The lowest BCUT2D eigenvalue weighted by molar-refractivity contribution is -0.147. The van der Waals surface area contributed by atoms with Gasteiger partial charge in [0, 0.05) is 18.5 Å². The zero-order valence-corrected chi connectivity index (χ0v) is 20.4. The van der Waals surface area contributed by atoms with Crippen molar-refractivity contribution in [2.75, 3.05) is 13.2 Å². The van der Waals surface area contributed by atoms with E-state index in [1.165, 1.54) is 4.90 Å². The van der Waals surface area contributed by atoms with E-state index in [9.17, 15) is 19.5 Å². The number of amides is 2. The molecule has 0 aromatic heterocycles. The molecule has 0 saturated carbocycles. The van der Waals surface area contributed by atoms with E-state index >= 15 is 0 Å². The fraction of sp³-hybridized carbons (Fsp3) is 0.276. The Hall–Kier alpha value is -4.13. The SMILES string of the molecule is CC(NC(=O)OCC1c2ccccc2-c2ccccc21)C(C)C(=O)N(CC(=O)O)Cc1ccccc1. The van der Waals surface area contributed by atoms with E-state index in [2.05, 4.69) is 29.6 Å². The molecule has 0 fully saturated rings. The highest BCUT2D eigenvalue weighted by Gasteiger charge is 2.31. The van der Waals surface area contributed by atoms with Gasteiger partial charge in [0.15, 0.2) is 0 Å². The number of benzene rings is 3. The maximum atomic E-state index is 13.1. The summed E-state index contributed by atoms with van der Waals surface area (Å²) in [5.74, 6) is -2.15. The van der Waals surface area contributed by atoms with Gasteiger partial charge in [0.05, 0.1) is 5.92 Å². The summed E-state index contributed by atoms with van der Waals surface area (Å²) in [6, 6.07) is 24.8. The summed E-state index contributed by atoms with van der Waals surface area (Å²) in [6.45, 7) is 3.32. The van der Waals surface area contributed by atoms with Crippen molar-refractivity contribution < 1.29 is 24.2 Å². The zero-order valence-electron chi connectivity index (χ0n) is 20.4. The van der Waals surface area contributed by atoms with Gasteiger partial charge in [-0.15, -0.1) is 0 Å². The van der Waals surface area contributed by atoms with Gasteiger partial charge in [0.25, 0.3) is 0 Å². The highest BCUT2D eigenvalue weighted by atomic mass is 16.5. The average molecular weight is 487 g/mol. The first-order valence-corrected chi connectivity index (χ1v) is 12.0. The molecule has 2 N–H and O–H groups in total. The second-order valence-electron chi connectivity index (χ2n) is 9.12. The number of nitrogens with one attached hydrogen (secondary N) is 1. The van der Waals surface area contributed by atoms with Gasteiger partial charge >= 0.3 is 12.1 Å². The van der Waals surface area contributed by atoms with Crippen molar-refractivity contribution in [3.63, 3.8) is 0 Å². The van der Waals surface area contributed by atoms with Gasteiger partial charge in [-0.2, -0.15) is 0 Å². The lowest BCUT2D eigenvalue weighted by Gasteiger charge is -2.28. The molecule has 1 aliphatic rings. The molecule has 1 aliphatic carbocycles. The van der Waals surface area contributed by atoms with Crippen LogP contribution in [0.4, 0.5) is 4.79 Å². The van der Waals surface area contributed by atoms with Crippen LogP contribution in [0.2, 0.25) is 0 Å². The van der Waals surface area contributed by atoms with E-state index in [1.807, 2.05) is 54.6 Å². The Bertz CT molecular complexity index is 1200. The third-order valence-electron chi connectivity index (χ3n) is 6.68. The minimum absolute atomic E-state index is 0.0607. The van der Waals surface area contributed by atoms with Crippen LogP contribution in [-0.2, 0) is 20.9 Å². The maximum Gasteiger partial charge on any atom is 0.407 e. The van der Waals surface area contributed by atoms with Crippen molar-refractivity contribution in [2.45, 2.75) is 32.4 Å². The fourth-order valence-corrected chi connectivity index (χ4v) is 4.63. The topological polar surface area (TPSA) is 95.9 Å². The fourth-order valence-electron chi connectivity index (χ4n) is 4.63. The van der Waals surface area contributed by atoms with Crippen molar-refractivity contribution in [3.05, 3.63) is 95.6 Å². The van der Waals surface area contributed by atoms with Crippen molar-refractivity contribution in [2.24, 2.45) is 5.92 Å². The lowest BCUT2D eigenvalue weighted by Crippen LogP contribution is -2.47.